The lowest BCUT2D eigenvalue weighted by atomic mass is 9.92. The summed E-state index contributed by atoms with van der Waals surface area (Å²) in [7, 11) is 2.16. The van der Waals surface area contributed by atoms with Crippen molar-refractivity contribution in [3.05, 3.63) is 34.3 Å². The first-order valence-corrected chi connectivity index (χ1v) is 7.33. The third-order valence-corrected chi connectivity index (χ3v) is 4.68. The Balaban J connectivity index is 3.16. The number of likely N-dealkylation sites (N-methyl/N-ethyl adjacent to an activating group) is 1. The van der Waals surface area contributed by atoms with Crippen molar-refractivity contribution in [3.63, 3.8) is 0 Å². The molecular formula is C15H25BrN2. The largest absolute Gasteiger partial charge is 0.326 e. The molecule has 0 saturated carbocycles. The molecule has 2 atom stereocenters. The summed E-state index contributed by atoms with van der Waals surface area (Å²) in [5.41, 5.74) is 7.62. The lowest BCUT2D eigenvalue weighted by Gasteiger charge is -2.43. The topological polar surface area (TPSA) is 29.3 Å². The maximum Gasteiger partial charge on any atom is 0.0509 e. The molecule has 102 valence electrons. The summed E-state index contributed by atoms with van der Waals surface area (Å²) < 4.78 is 1.13. The first-order chi connectivity index (χ1) is 8.31. The van der Waals surface area contributed by atoms with Gasteiger partial charge < -0.3 is 5.73 Å². The lowest BCUT2D eigenvalue weighted by molar-refractivity contribution is 0.0844. The van der Waals surface area contributed by atoms with E-state index < -0.39 is 0 Å². The molecule has 18 heavy (non-hydrogen) atoms. The van der Waals surface area contributed by atoms with Gasteiger partial charge in [0.25, 0.3) is 0 Å². The zero-order valence-corrected chi connectivity index (χ0v) is 13.7. The molecule has 3 heteroatoms. The van der Waals surface area contributed by atoms with E-state index in [0.29, 0.717) is 0 Å². The summed E-state index contributed by atoms with van der Waals surface area (Å²) in [6, 6.07) is 8.65. The Bertz CT molecular complexity index is 388. The number of hydrogen-bond acceptors (Lipinski definition) is 2. The van der Waals surface area contributed by atoms with Crippen LogP contribution in [-0.4, -0.2) is 23.5 Å². The van der Waals surface area contributed by atoms with Crippen LogP contribution < -0.4 is 5.73 Å². The molecule has 0 radical (unpaired) electrons. The van der Waals surface area contributed by atoms with Gasteiger partial charge in [0.1, 0.15) is 0 Å². The molecule has 0 bridgehead atoms. The van der Waals surface area contributed by atoms with E-state index in [1.807, 2.05) is 6.07 Å². The van der Waals surface area contributed by atoms with Crippen LogP contribution >= 0.6 is 15.9 Å². The Morgan fingerprint density at radius 3 is 2.33 bits per heavy atom. The summed E-state index contributed by atoms with van der Waals surface area (Å²) in [5, 5.41) is 0. The van der Waals surface area contributed by atoms with Crippen LogP contribution in [0.5, 0.6) is 0 Å². The van der Waals surface area contributed by atoms with E-state index in [9.17, 15) is 0 Å². The number of nitrogens with zero attached hydrogens (tertiary/aromatic N) is 1. The minimum absolute atomic E-state index is 0.0829. The van der Waals surface area contributed by atoms with E-state index in [0.717, 1.165) is 10.9 Å². The minimum Gasteiger partial charge on any atom is -0.326 e. The number of hydrogen-bond donors (Lipinski definition) is 1. The van der Waals surface area contributed by atoms with Crippen molar-refractivity contribution in [3.8, 4) is 0 Å². The molecule has 0 fully saturated rings. The summed E-state index contributed by atoms with van der Waals surface area (Å²) in [4.78, 5) is 2.39. The third kappa shape index (κ3) is 3.34. The zero-order valence-electron chi connectivity index (χ0n) is 12.1. The van der Waals surface area contributed by atoms with E-state index in [1.165, 1.54) is 5.56 Å². The molecule has 0 saturated heterocycles. The Morgan fingerprint density at radius 1 is 1.33 bits per heavy atom. The second kappa shape index (κ2) is 6.18. The van der Waals surface area contributed by atoms with Crippen LogP contribution in [0.15, 0.2) is 28.7 Å². The number of rotatable bonds is 5. The smallest absolute Gasteiger partial charge is 0.0509 e. The number of halogens is 1. The van der Waals surface area contributed by atoms with E-state index in [1.54, 1.807) is 0 Å². The van der Waals surface area contributed by atoms with Gasteiger partial charge in [0.15, 0.2) is 0 Å². The van der Waals surface area contributed by atoms with Crippen LogP contribution in [0.4, 0.5) is 0 Å². The van der Waals surface area contributed by atoms with Gasteiger partial charge >= 0.3 is 0 Å². The van der Waals surface area contributed by atoms with E-state index in [-0.39, 0.29) is 17.6 Å². The fourth-order valence-corrected chi connectivity index (χ4v) is 2.70. The normalized spacial score (nSPS) is 15.8. The molecule has 2 nitrogen and oxygen atoms in total. The highest BCUT2D eigenvalue weighted by molar-refractivity contribution is 9.10. The number of nitrogens with two attached hydrogens (primary N) is 1. The van der Waals surface area contributed by atoms with Crippen LogP contribution in [0.25, 0.3) is 0 Å². The van der Waals surface area contributed by atoms with Gasteiger partial charge in [-0.15, -0.1) is 0 Å². The van der Waals surface area contributed by atoms with Crippen LogP contribution in [-0.2, 0) is 0 Å². The summed E-state index contributed by atoms with van der Waals surface area (Å²) >= 11 is 3.64. The monoisotopic (exact) mass is 312 g/mol. The van der Waals surface area contributed by atoms with Crippen molar-refractivity contribution in [1.82, 2.24) is 4.90 Å². The SMILES string of the molecule is CCC(C)(C)N(C)C(c1ccccc1Br)C(C)N. The van der Waals surface area contributed by atoms with Crippen molar-refractivity contribution < 1.29 is 0 Å². The van der Waals surface area contributed by atoms with Crippen molar-refractivity contribution in [2.24, 2.45) is 5.73 Å². The molecule has 0 aliphatic carbocycles. The van der Waals surface area contributed by atoms with Crippen LogP contribution in [0.1, 0.15) is 45.7 Å². The molecule has 2 unspecified atom stereocenters. The maximum atomic E-state index is 6.23. The van der Waals surface area contributed by atoms with E-state index in [4.69, 9.17) is 5.73 Å². The predicted molar refractivity (Wildman–Crippen MR) is 82.7 cm³/mol. The Hall–Kier alpha value is -0.380. The van der Waals surface area contributed by atoms with Gasteiger partial charge in [-0.25, -0.2) is 0 Å². The van der Waals surface area contributed by atoms with E-state index >= 15 is 0 Å². The number of benzene rings is 1. The Labute approximate surface area is 120 Å². The van der Waals surface area contributed by atoms with Gasteiger partial charge in [-0.3, -0.25) is 4.90 Å². The second-order valence-electron chi connectivity index (χ2n) is 5.60. The van der Waals surface area contributed by atoms with Crippen molar-refractivity contribution in [2.45, 2.75) is 51.7 Å². The van der Waals surface area contributed by atoms with Crippen LogP contribution in [0.3, 0.4) is 0 Å². The first kappa shape index (κ1) is 15.7. The third-order valence-electron chi connectivity index (χ3n) is 3.96. The molecule has 0 aliphatic rings. The van der Waals surface area contributed by atoms with Crippen LogP contribution in [0.2, 0.25) is 0 Å². The minimum atomic E-state index is 0.0829. The fourth-order valence-electron chi connectivity index (χ4n) is 2.19. The van der Waals surface area contributed by atoms with E-state index in [2.05, 4.69) is 73.8 Å². The van der Waals surface area contributed by atoms with Crippen molar-refractivity contribution >= 4 is 15.9 Å². The average Bonchev–Trinajstić information content (AvgIpc) is 2.31. The molecule has 0 heterocycles. The standard InChI is InChI=1S/C15H25BrN2/c1-6-15(3,4)18(5)14(11(2)17)12-9-7-8-10-13(12)16/h7-11,14H,6,17H2,1-5H3. The Morgan fingerprint density at radius 2 is 1.89 bits per heavy atom. The highest BCUT2D eigenvalue weighted by Crippen LogP contribution is 2.34. The first-order valence-electron chi connectivity index (χ1n) is 6.54. The van der Waals surface area contributed by atoms with Crippen LogP contribution in [0, 0.1) is 0 Å². The van der Waals surface area contributed by atoms with Gasteiger partial charge in [0.05, 0.1) is 6.04 Å². The predicted octanol–water partition coefficient (Wildman–Crippen LogP) is 3.96. The average molecular weight is 313 g/mol. The quantitative estimate of drug-likeness (QED) is 0.891. The molecular weight excluding hydrogens is 288 g/mol. The van der Waals surface area contributed by atoms with Crippen molar-refractivity contribution in [2.75, 3.05) is 7.05 Å². The fraction of sp³-hybridized carbons (Fsp3) is 0.600. The highest BCUT2D eigenvalue weighted by Gasteiger charge is 2.31. The molecule has 0 amide bonds. The molecule has 2 N–H and O–H groups in total. The summed E-state index contributed by atoms with van der Waals surface area (Å²) in [5.74, 6) is 0. The molecule has 0 spiro atoms. The Kier molecular flexibility index (Phi) is 5.38. The lowest BCUT2D eigenvalue weighted by Crippen LogP contribution is -2.48. The maximum absolute atomic E-state index is 6.23. The van der Waals surface area contributed by atoms with Gasteiger partial charge in [0.2, 0.25) is 0 Å². The van der Waals surface area contributed by atoms with Gasteiger partial charge in [0, 0.05) is 16.1 Å². The molecule has 0 aliphatic heterocycles. The van der Waals surface area contributed by atoms with Gasteiger partial charge in [-0.1, -0.05) is 41.1 Å². The van der Waals surface area contributed by atoms with Crippen molar-refractivity contribution in [1.29, 1.82) is 0 Å². The second-order valence-corrected chi connectivity index (χ2v) is 6.46. The summed E-state index contributed by atoms with van der Waals surface area (Å²) in [6.07, 6.45) is 1.09. The highest BCUT2D eigenvalue weighted by atomic mass is 79.9. The zero-order chi connectivity index (χ0) is 13.9. The molecule has 1 aromatic rings. The summed E-state index contributed by atoms with van der Waals surface area (Å²) in [6.45, 7) is 8.82. The molecule has 1 aromatic carbocycles. The van der Waals surface area contributed by atoms with Gasteiger partial charge in [-0.2, -0.15) is 0 Å². The van der Waals surface area contributed by atoms with Gasteiger partial charge in [-0.05, 0) is 45.9 Å². The molecule has 0 aromatic heterocycles. The molecule has 1 rings (SSSR count).